The second-order valence-corrected chi connectivity index (χ2v) is 6.93. The molecule has 0 bridgehead atoms. The Balaban J connectivity index is 2.40. The van der Waals surface area contributed by atoms with Crippen molar-refractivity contribution in [3.63, 3.8) is 0 Å². The Morgan fingerprint density at radius 3 is 2.16 bits per heavy atom. The molecule has 1 amide bonds. The number of nitrogens with one attached hydrogen (secondary N) is 1. The molecule has 0 saturated carbocycles. The summed E-state index contributed by atoms with van der Waals surface area (Å²) in [5.41, 5.74) is 0. The molecule has 0 unspecified atom stereocenters. The molecule has 13 heteroatoms. The Kier molecular flexibility index (Phi) is 8.29. The highest BCUT2D eigenvalue weighted by atomic mass is 16.7. The highest BCUT2D eigenvalue weighted by Gasteiger charge is 2.53. The van der Waals surface area contributed by atoms with E-state index in [9.17, 15) is 24.0 Å². The summed E-state index contributed by atoms with van der Waals surface area (Å²) in [6, 6.07) is -0.236. The van der Waals surface area contributed by atoms with Gasteiger partial charge in [0.1, 0.15) is 18.5 Å². The summed E-state index contributed by atoms with van der Waals surface area (Å²) in [7, 11) is 0. The van der Waals surface area contributed by atoms with Gasteiger partial charge >= 0.3 is 29.9 Å². The smallest absolute Gasteiger partial charge is 0.310 e. The topological polar surface area (TPSA) is 159 Å². The van der Waals surface area contributed by atoms with Crippen LogP contribution in [0.15, 0.2) is 16.9 Å². The maximum atomic E-state index is 11.8. The number of carbonyl (C=O) groups is 5. The number of amides is 1. The molecule has 0 radical (unpaired) electrons. The fraction of sp³-hybridized carbons (Fsp3) is 0.579. The molecule has 176 valence electrons. The highest BCUT2D eigenvalue weighted by Crippen LogP contribution is 2.31. The summed E-state index contributed by atoms with van der Waals surface area (Å²) >= 11 is 0. The zero-order chi connectivity index (χ0) is 24.0. The Morgan fingerprint density at radius 2 is 1.62 bits per heavy atom. The molecule has 1 N–H and O–H groups in total. The number of rotatable bonds is 6. The maximum absolute atomic E-state index is 11.8. The zero-order valence-corrected chi connectivity index (χ0v) is 18.3. The molecule has 0 aromatic carbocycles. The van der Waals surface area contributed by atoms with Gasteiger partial charge < -0.3 is 29.0 Å². The van der Waals surface area contributed by atoms with Crippen molar-refractivity contribution in [3.05, 3.63) is 11.9 Å². The molecule has 0 aliphatic carbocycles. The van der Waals surface area contributed by atoms with Crippen molar-refractivity contribution < 1.29 is 47.7 Å². The lowest BCUT2D eigenvalue weighted by molar-refractivity contribution is -0.167. The fourth-order valence-corrected chi connectivity index (χ4v) is 3.10. The van der Waals surface area contributed by atoms with Crippen molar-refractivity contribution >= 4 is 35.8 Å². The molecule has 2 heterocycles. The first-order chi connectivity index (χ1) is 15.0. The molecule has 13 nitrogen and oxygen atoms in total. The Hall–Kier alpha value is -3.48. The van der Waals surface area contributed by atoms with Crippen molar-refractivity contribution in [2.45, 2.75) is 59.2 Å². The van der Waals surface area contributed by atoms with E-state index in [0.29, 0.717) is 0 Å². The number of hydrogen-bond acceptors (Lipinski definition) is 12. The van der Waals surface area contributed by atoms with E-state index in [1.54, 1.807) is 0 Å². The van der Waals surface area contributed by atoms with Crippen LogP contribution in [-0.2, 0) is 47.7 Å². The van der Waals surface area contributed by atoms with Gasteiger partial charge in [0.25, 0.3) is 0 Å². The lowest BCUT2D eigenvalue weighted by atomic mass is 10.1. The minimum Gasteiger partial charge on any atom is -0.463 e. The number of hydrogen-bond donors (Lipinski definition) is 1. The van der Waals surface area contributed by atoms with E-state index >= 15 is 0 Å². The highest BCUT2D eigenvalue weighted by molar-refractivity contribution is 5.88. The predicted molar refractivity (Wildman–Crippen MR) is 104 cm³/mol. The summed E-state index contributed by atoms with van der Waals surface area (Å²) in [6.07, 6.45) is -2.90. The van der Waals surface area contributed by atoms with Gasteiger partial charge in [0.2, 0.25) is 5.91 Å². The largest absolute Gasteiger partial charge is 0.463 e. The molecule has 2 rings (SSSR count). The molecule has 2 aliphatic rings. The van der Waals surface area contributed by atoms with Gasteiger partial charge in [-0.3, -0.25) is 28.9 Å². The van der Waals surface area contributed by atoms with Gasteiger partial charge in [-0.25, -0.2) is 0 Å². The van der Waals surface area contributed by atoms with E-state index in [1.807, 2.05) is 0 Å². The quantitative estimate of drug-likeness (QED) is 0.400. The van der Waals surface area contributed by atoms with Crippen molar-refractivity contribution in [2.24, 2.45) is 4.99 Å². The van der Waals surface area contributed by atoms with E-state index in [-0.39, 0.29) is 30.9 Å². The molecular formula is C19H25N3O10. The molecular weight excluding hydrogens is 430 g/mol. The molecule has 2 aliphatic heterocycles. The van der Waals surface area contributed by atoms with Crippen LogP contribution in [-0.4, -0.2) is 78.4 Å². The fourth-order valence-electron chi connectivity index (χ4n) is 3.10. The average molecular weight is 455 g/mol. The summed E-state index contributed by atoms with van der Waals surface area (Å²) < 4.78 is 26.7. The van der Waals surface area contributed by atoms with Crippen LogP contribution in [0.2, 0.25) is 0 Å². The standard InChI is InChI=1S/C19H25N3O10/c1-9(23)20-15-6-7-22(19(21-15)31-13(5)27)18-17(30-12(4)26)16(29-11(3)25)14(32-18)8-28-10(2)24/h6,14,16-18H,7-8H2,1-5H3,(H,20,23)/t14-,16+,17+,18-/m0/s1. The van der Waals surface area contributed by atoms with Gasteiger partial charge in [-0.15, -0.1) is 0 Å². The molecule has 4 atom stereocenters. The van der Waals surface area contributed by atoms with Crippen LogP contribution in [0.4, 0.5) is 0 Å². The molecule has 1 saturated heterocycles. The van der Waals surface area contributed by atoms with Crippen LogP contribution in [0.5, 0.6) is 0 Å². The van der Waals surface area contributed by atoms with E-state index in [2.05, 4.69) is 10.3 Å². The Bertz CT molecular complexity index is 852. The summed E-state index contributed by atoms with van der Waals surface area (Å²) in [5, 5.41) is 2.48. The van der Waals surface area contributed by atoms with Crippen LogP contribution in [0.3, 0.4) is 0 Å². The van der Waals surface area contributed by atoms with E-state index in [1.165, 1.54) is 24.8 Å². The molecule has 32 heavy (non-hydrogen) atoms. The van der Waals surface area contributed by atoms with Crippen molar-refractivity contribution in [1.29, 1.82) is 0 Å². The maximum Gasteiger partial charge on any atom is 0.310 e. The van der Waals surface area contributed by atoms with Crippen LogP contribution in [0.25, 0.3) is 0 Å². The first-order valence-electron chi connectivity index (χ1n) is 9.62. The van der Waals surface area contributed by atoms with Crippen molar-refractivity contribution in [2.75, 3.05) is 13.2 Å². The Labute approximate surface area is 183 Å². The predicted octanol–water partition coefficient (Wildman–Crippen LogP) is -0.650. The lowest BCUT2D eigenvalue weighted by Crippen LogP contribution is -2.52. The first kappa shape index (κ1) is 24.8. The average Bonchev–Trinajstić information content (AvgIpc) is 2.95. The van der Waals surface area contributed by atoms with E-state index in [0.717, 1.165) is 20.8 Å². The zero-order valence-electron chi connectivity index (χ0n) is 18.3. The van der Waals surface area contributed by atoms with Crippen molar-refractivity contribution in [1.82, 2.24) is 10.2 Å². The van der Waals surface area contributed by atoms with Gasteiger partial charge in [-0.05, 0) is 6.08 Å². The minimum atomic E-state index is -1.17. The normalized spacial score (nSPS) is 24.6. The second kappa shape index (κ2) is 10.7. The van der Waals surface area contributed by atoms with Gasteiger partial charge in [0.15, 0.2) is 18.4 Å². The Morgan fingerprint density at radius 1 is 1.00 bits per heavy atom. The SMILES string of the molecule is CC(=O)NC1=CCN([C@H]2O[C@@H](COC(C)=O)[C@@H](OC(C)=O)[C@H]2OC(C)=O)C(OC(C)=O)=N1. The van der Waals surface area contributed by atoms with Crippen LogP contribution >= 0.6 is 0 Å². The summed E-state index contributed by atoms with van der Waals surface area (Å²) in [5.74, 6) is -2.91. The van der Waals surface area contributed by atoms with Gasteiger partial charge in [-0.1, -0.05) is 0 Å². The number of nitrogens with zero attached hydrogens (tertiary/aromatic N) is 2. The molecule has 0 spiro atoms. The lowest BCUT2D eigenvalue weighted by Gasteiger charge is -2.34. The van der Waals surface area contributed by atoms with Crippen LogP contribution < -0.4 is 5.32 Å². The monoisotopic (exact) mass is 455 g/mol. The molecule has 1 fully saturated rings. The summed E-state index contributed by atoms with van der Waals surface area (Å²) in [4.78, 5) is 63.1. The van der Waals surface area contributed by atoms with E-state index < -0.39 is 48.4 Å². The number of carbonyl (C=O) groups excluding carboxylic acids is 5. The molecule has 0 aromatic heterocycles. The third-order valence-corrected chi connectivity index (χ3v) is 4.13. The number of ether oxygens (including phenoxy) is 5. The van der Waals surface area contributed by atoms with Crippen LogP contribution in [0, 0.1) is 0 Å². The number of amidine groups is 1. The molecule has 0 aromatic rings. The van der Waals surface area contributed by atoms with Crippen LogP contribution in [0.1, 0.15) is 34.6 Å². The third-order valence-electron chi connectivity index (χ3n) is 4.13. The number of aliphatic imine (C=N–C) groups is 1. The first-order valence-corrected chi connectivity index (χ1v) is 9.62. The van der Waals surface area contributed by atoms with Gasteiger partial charge in [0.05, 0.1) is 0 Å². The minimum absolute atomic E-state index is 0.0250. The van der Waals surface area contributed by atoms with E-state index in [4.69, 9.17) is 23.7 Å². The second-order valence-electron chi connectivity index (χ2n) is 6.93. The van der Waals surface area contributed by atoms with Crippen molar-refractivity contribution in [3.8, 4) is 0 Å². The van der Waals surface area contributed by atoms with Gasteiger partial charge in [-0.2, -0.15) is 4.99 Å². The third kappa shape index (κ3) is 6.77. The van der Waals surface area contributed by atoms with Gasteiger partial charge in [0, 0.05) is 41.2 Å². The summed E-state index contributed by atoms with van der Waals surface area (Å²) in [6.45, 7) is 5.69. The number of esters is 4.